The molecule has 1 fully saturated rings. The smallest absolute Gasteiger partial charge is 0.259 e. The van der Waals surface area contributed by atoms with Crippen LogP contribution in [-0.2, 0) is 4.79 Å². The number of aryl methyl sites for hydroxylation is 1. The van der Waals surface area contributed by atoms with E-state index in [9.17, 15) is 9.59 Å². The van der Waals surface area contributed by atoms with Gasteiger partial charge in [-0.25, -0.2) is 4.68 Å². The van der Waals surface area contributed by atoms with Gasteiger partial charge in [0, 0.05) is 24.2 Å². The summed E-state index contributed by atoms with van der Waals surface area (Å²) in [4.78, 5) is 24.2. The monoisotopic (exact) mass is 374 g/mol. The van der Waals surface area contributed by atoms with Crippen LogP contribution >= 0.6 is 0 Å². The molecule has 3 aromatic rings. The molecule has 6 nitrogen and oxygen atoms in total. The molecule has 0 bridgehead atoms. The third-order valence-corrected chi connectivity index (χ3v) is 4.80. The third kappa shape index (κ3) is 3.67. The van der Waals surface area contributed by atoms with Gasteiger partial charge < -0.3 is 10.6 Å². The van der Waals surface area contributed by atoms with Crippen LogP contribution in [0.25, 0.3) is 5.69 Å². The minimum atomic E-state index is -0.193. The number of para-hydroxylation sites is 1. The third-order valence-electron chi connectivity index (χ3n) is 4.80. The fourth-order valence-electron chi connectivity index (χ4n) is 3.35. The van der Waals surface area contributed by atoms with Crippen molar-refractivity contribution in [3.63, 3.8) is 0 Å². The second kappa shape index (κ2) is 7.31. The van der Waals surface area contributed by atoms with E-state index in [0.717, 1.165) is 29.8 Å². The van der Waals surface area contributed by atoms with Gasteiger partial charge in [0.1, 0.15) is 0 Å². The predicted octanol–water partition coefficient (Wildman–Crippen LogP) is 4.27. The topological polar surface area (TPSA) is 76.0 Å². The van der Waals surface area contributed by atoms with Gasteiger partial charge in [-0.05, 0) is 49.6 Å². The number of rotatable bonds is 5. The van der Waals surface area contributed by atoms with Gasteiger partial charge in [-0.15, -0.1) is 0 Å². The van der Waals surface area contributed by atoms with E-state index in [4.69, 9.17) is 0 Å². The molecule has 2 N–H and O–H groups in total. The van der Waals surface area contributed by atoms with Crippen molar-refractivity contribution in [3.05, 3.63) is 71.5 Å². The second-order valence-corrected chi connectivity index (χ2v) is 7.13. The van der Waals surface area contributed by atoms with Gasteiger partial charge in [-0.3, -0.25) is 9.59 Å². The molecule has 4 rings (SSSR count). The summed E-state index contributed by atoms with van der Waals surface area (Å²) in [7, 11) is 0. The summed E-state index contributed by atoms with van der Waals surface area (Å²) >= 11 is 0. The Hall–Kier alpha value is -3.41. The highest BCUT2D eigenvalue weighted by Gasteiger charge is 2.33. The normalized spacial score (nSPS) is 13.2. The van der Waals surface area contributed by atoms with Crippen LogP contribution in [0.3, 0.4) is 0 Å². The van der Waals surface area contributed by atoms with E-state index in [2.05, 4.69) is 15.7 Å². The van der Waals surface area contributed by atoms with E-state index in [0.29, 0.717) is 22.9 Å². The number of amides is 2. The van der Waals surface area contributed by atoms with E-state index in [1.54, 1.807) is 30.5 Å². The van der Waals surface area contributed by atoms with E-state index < -0.39 is 0 Å². The fourth-order valence-corrected chi connectivity index (χ4v) is 3.35. The number of carbonyl (C=O) groups excluding carboxylic acids is 2. The van der Waals surface area contributed by atoms with Gasteiger partial charge in [0.05, 0.1) is 23.1 Å². The number of nitrogens with one attached hydrogen (secondary N) is 2. The largest absolute Gasteiger partial charge is 0.326 e. The first-order valence-electron chi connectivity index (χ1n) is 9.36. The van der Waals surface area contributed by atoms with Gasteiger partial charge in [0.25, 0.3) is 5.91 Å². The molecule has 1 aromatic heterocycles. The predicted molar refractivity (Wildman–Crippen MR) is 109 cm³/mol. The Morgan fingerprint density at radius 3 is 2.43 bits per heavy atom. The van der Waals surface area contributed by atoms with Crippen molar-refractivity contribution in [2.45, 2.75) is 32.6 Å². The van der Waals surface area contributed by atoms with Crippen LogP contribution in [0.5, 0.6) is 0 Å². The lowest BCUT2D eigenvalue weighted by Gasteiger charge is -2.12. The minimum Gasteiger partial charge on any atom is -0.326 e. The van der Waals surface area contributed by atoms with Gasteiger partial charge >= 0.3 is 0 Å². The first-order valence-corrected chi connectivity index (χ1v) is 9.36. The van der Waals surface area contributed by atoms with Crippen molar-refractivity contribution in [1.29, 1.82) is 0 Å². The lowest BCUT2D eigenvalue weighted by molar-refractivity contribution is -0.114. The molecular formula is C22H22N4O2. The molecule has 0 radical (unpaired) electrons. The number of aromatic nitrogens is 2. The Kier molecular flexibility index (Phi) is 4.69. The summed E-state index contributed by atoms with van der Waals surface area (Å²) in [6.07, 6.45) is 3.78. The molecule has 142 valence electrons. The summed E-state index contributed by atoms with van der Waals surface area (Å²) in [5, 5.41) is 10.2. The van der Waals surface area contributed by atoms with E-state index in [-0.39, 0.29) is 11.8 Å². The van der Waals surface area contributed by atoms with Crippen LogP contribution in [0.4, 0.5) is 11.4 Å². The molecule has 1 heterocycles. The molecule has 1 aliphatic carbocycles. The molecule has 6 heteroatoms. The quantitative estimate of drug-likeness (QED) is 0.700. The highest BCUT2D eigenvalue weighted by molar-refractivity contribution is 6.05. The Morgan fingerprint density at radius 2 is 1.75 bits per heavy atom. The number of anilines is 2. The number of nitrogens with zero attached hydrogens (tertiary/aromatic N) is 2. The maximum absolute atomic E-state index is 13.0. The van der Waals surface area contributed by atoms with Crippen molar-refractivity contribution in [2.75, 3.05) is 10.6 Å². The highest BCUT2D eigenvalue weighted by Crippen LogP contribution is 2.42. The van der Waals surface area contributed by atoms with Gasteiger partial charge in [0.15, 0.2) is 0 Å². The zero-order chi connectivity index (χ0) is 19.7. The SMILES string of the molecule is CC(=O)Nc1cccc(NC(=O)c2cnn(-c3ccccc3C)c2C2CC2)c1. The zero-order valence-electron chi connectivity index (χ0n) is 15.9. The second-order valence-electron chi connectivity index (χ2n) is 7.13. The lowest BCUT2D eigenvalue weighted by atomic mass is 10.1. The van der Waals surface area contributed by atoms with Crippen LogP contribution in [-0.4, -0.2) is 21.6 Å². The van der Waals surface area contributed by atoms with Gasteiger partial charge in [-0.2, -0.15) is 5.10 Å². The number of hydrogen-bond acceptors (Lipinski definition) is 3. The molecule has 28 heavy (non-hydrogen) atoms. The van der Waals surface area contributed by atoms with Crippen LogP contribution < -0.4 is 10.6 Å². The molecule has 0 saturated heterocycles. The fraction of sp³-hybridized carbons (Fsp3) is 0.227. The Labute approximate surface area is 163 Å². The van der Waals surface area contributed by atoms with E-state index >= 15 is 0 Å². The van der Waals surface area contributed by atoms with Crippen molar-refractivity contribution >= 4 is 23.2 Å². The van der Waals surface area contributed by atoms with Gasteiger partial charge in [0.2, 0.25) is 5.91 Å². The van der Waals surface area contributed by atoms with Crippen LogP contribution in [0.2, 0.25) is 0 Å². The molecule has 0 atom stereocenters. The summed E-state index contributed by atoms with van der Waals surface area (Å²) in [6, 6.07) is 15.1. The van der Waals surface area contributed by atoms with Gasteiger partial charge in [-0.1, -0.05) is 24.3 Å². The summed E-state index contributed by atoms with van der Waals surface area (Å²) in [5.74, 6) is 0.00860. The Balaban J connectivity index is 1.64. The van der Waals surface area contributed by atoms with Crippen LogP contribution in [0, 0.1) is 6.92 Å². The number of carbonyl (C=O) groups is 2. The maximum atomic E-state index is 13.0. The molecular weight excluding hydrogens is 352 g/mol. The molecule has 0 spiro atoms. The van der Waals surface area contributed by atoms with Crippen LogP contribution in [0.15, 0.2) is 54.7 Å². The minimum absolute atomic E-state index is 0.154. The Morgan fingerprint density at radius 1 is 1.04 bits per heavy atom. The first kappa shape index (κ1) is 18.0. The van der Waals surface area contributed by atoms with Crippen molar-refractivity contribution in [3.8, 4) is 5.69 Å². The van der Waals surface area contributed by atoms with Crippen molar-refractivity contribution < 1.29 is 9.59 Å². The average molecular weight is 374 g/mol. The van der Waals surface area contributed by atoms with E-state index in [1.165, 1.54) is 6.92 Å². The number of benzene rings is 2. The molecule has 1 saturated carbocycles. The summed E-state index contributed by atoms with van der Waals surface area (Å²) in [5.41, 5.74) is 4.93. The molecule has 0 aliphatic heterocycles. The summed E-state index contributed by atoms with van der Waals surface area (Å²) < 4.78 is 1.90. The molecule has 2 amide bonds. The Bertz CT molecular complexity index is 1050. The standard InChI is InChI=1S/C22H22N4O2/c1-14-6-3-4-9-20(14)26-21(16-10-11-16)19(13-23-26)22(28)25-18-8-5-7-17(12-18)24-15(2)27/h3-9,12-13,16H,10-11H2,1-2H3,(H,24,27)(H,25,28). The number of hydrogen-bond donors (Lipinski definition) is 2. The first-order chi connectivity index (χ1) is 13.5. The van der Waals surface area contributed by atoms with Crippen molar-refractivity contribution in [2.24, 2.45) is 0 Å². The molecule has 0 unspecified atom stereocenters. The average Bonchev–Trinajstić information content (AvgIpc) is 3.40. The van der Waals surface area contributed by atoms with Crippen LogP contribution in [0.1, 0.15) is 47.3 Å². The van der Waals surface area contributed by atoms with E-state index in [1.807, 2.05) is 35.9 Å². The molecule has 1 aliphatic rings. The van der Waals surface area contributed by atoms with Crippen molar-refractivity contribution in [1.82, 2.24) is 9.78 Å². The molecule has 2 aromatic carbocycles. The summed E-state index contributed by atoms with van der Waals surface area (Å²) in [6.45, 7) is 3.49. The zero-order valence-corrected chi connectivity index (χ0v) is 15.9. The lowest BCUT2D eigenvalue weighted by Crippen LogP contribution is -2.15. The highest BCUT2D eigenvalue weighted by atomic mass is 16.2. The maximum Gasteiger partial charge on any atom is 0.259 e.